The molecule has 0 aromatic carbocycles. The average Bonchev–Trinajstić information content (AvgIpc) is 3.28. The lowest BCUT2D eigenvalue weighted by Gasteiger charge is -2.29. The molecule has 13 heteroatoms. The molecule has 3 amide bonds. The number of cyclic esters (lactones) is 1. The molecule has 11 nitrogen and oxygen atoms in total. The number of thiazole rings is 1. The molecule has 0 spiro atoms. The Kier molecular flexibility index (Phi) is 11.9. The molecule has 1 aromatic heterocycles. The van der Waals surface area contributed by atoms with E-state index >= 15 is 0 Å². The third-order valence-corrected chi connectivity index (χ3v) is 7.16. The average molecular weight is 568 g/mol. The number of carbonyl (C=O) groups excluding carboxylic acids is 5. The van der Waals surface area contributed by atoms with E-state index in [1.165, 1.54) is 36.9 Å². The topological polar surface area (TPSA) is 147 Å². The number of fused-ring (bicyclic) bond motifs is 2. The summed E-state index contributed by atoms with van der Waals surface area (Å²) < 4.78 is 5.66. The summed E-state index contributed by atoms with van der Waals surface area (Å²) in [6, 6.07) is -1.00. The Bertz CT molecular complexity index is 1050. The first-order chi connectivity index (χ1) is 17.8. The third-order valence-electron chi connectivity index (χ3n) is 5.42. The number of carbonyl (C=O) groups is 5. The molecule has 210 valence electrons. The second-order valence-corrected chi connectivity index (χ2v) is 12.1. The summed E-state index contributed by atoms with van der Waals surface area (Å²) in [7, 11) is 3.65. The van der Waals surface area contributed by atoms with Gasteiger partial charge in [-0.05, 0) is 46.4 Å². The van der Waals surface area contributed by atoms with Crippen molar-refractivity contribution >= 4 is 51.9 Å². The lowest BCUT2D eigenvalue weighted by Crippen LogP contribution is -2.59. The first kappa shape index (κ1) is 31.4. The molecular weight excluding hydrogens is 530 g/mol. The number of nitrogens with one attached hydrogen (secondary N) is 3. The lowest BCUT2D eigenvalue weighted by molar-refractivity contribution is -0.153. The van der Waals surface area contributed by atoms with Crippen molar-refractivity contribution in [1.82, 2.24) is 25.8 Å². The molecule has 1 aliphatic rings. The molecule has 0 unspecified atom stereocenters. The highest BCUT2D eigenvalue weighted by atomic mass is 32.2. The van der Waals surface area contributed by atoms with E-state index in [-0.39, 0.29) is 35.6 Å². The number of ether oxygens (including phenoxy) is 1. The Morgan fingerprint density at radius 2 is 2.00 bits per heavy atom. The smallest absolute Gasteiger partial charge is 0.329 e. The van der Waals surface area contributed by atoms with E-state index < -0.39 is 35.5 Å². The Hall–Kier alpha value is -2.77. The van der Waals surface area contributed by atoms with Gasteiger partial charge in [0.15, 0.2) is 0 Å². The second kappa shape index (κ2) is 14.4. The second-order valence-electron chi connectivity index (χ2n) is 10.0. The molecule has 2 rings (SSSR count). The zero-order valence-corrected chi connectivity index (χ0v) is 24.3. The Morgan fingerprint density at radius 1 is 1.29 bits per heavy atom. The molecule has 0 saturated carbocycles. The Morgan fingerprint density at radius 3 is 2.66 bits per heavy atom. The summed E-state index contributed by atoms with van der Waals surface area (Å²) >= 11 is 2.42. The molecule has 0 saturated heterocycles. The SMILES string of the molecule is CC(C)[C@@H]1NC(=O)C(C)(C)NC(=O)c2csc(n2)CNC(=O)C[C@@H](/C=C/CCSC(=O)CN(C)C)OC1=O. The van der Waals surface area contributed by atoms with E-state index in [2.05, 4.69) is 20.9 Å². The summed E-state index contributed by atoms with van der Waals surface area (Å²) in [6.07, 6.45) is 2.92. The molecule has 0 fully saturated rings. The largest absolute Gasteiger partial charge is 0.456 e. The molecule has 0 aliphatic carbocycles. The van der Waals surface area contributed by atoms with Crippen LogP contribution in [0.25, 0.3) is 0 Å². The quantitative estimate of drug-likeness (QED) is 0.253. The summed E-state index contributed by atoms with van der Waals surface area (Å²) in [6.45, 7) is 7.03. The molecule has 2 atom stereocenters. The van der Waals surface area contributed by atoms with E-state index in [0.717, 1.165) is 0 Å². The minimum Gasteiger partial charge on any atom is -0.456 e. The van der Waals surface area contributed by atoms with Crippen LogP contribution >= 0.6 is 23.1 Å². The number of nitrogens with zero attached hydrogens (tertiary/aromatic N) is 2. The van der Waals surface area contributed by atoms with E-state index in [0.29, 0.717) is 23.7 Å². The van der Waals surface area contributed by atoms with Gasteiger partial charge in [0.2, 0.25) is 16.9 Å². The monoisotopic (exact) mass is 567 g/mol. The van der Waals surface area contributed by atoms with Gasteiger partial charge < -0.3 is 25.6 Å². The van der Waals surface area contributed by atoms with Gasteiger partial charge in [-0.15, -0.1) is 11.3 Å². The number of thioether (sulfide) groups is 1. The van der Waals surface area contributed by atoms with Crippen LogP contribution in [0.5, 0.6) is 0 Å². The first-order valence-electron chi connectivity index (χ1n) is 12.3. The molecule has 0 radical (unpaired) electrons. The van der Waals surface area contributed by atoms with Crippen molar-refractivity contribution in [3.05, 3.63) is 28.2 Å². The zero-order valence-electron chi connectivity index (χ0n) is 22.7. The van der Waals surface area contributed by atoms with Crippen LogP contribution in [0, 0.1) is 5.92 Å². The normalized spacial score (nSPS) is 21.3. The Labute approximate surface area is 231 Å². The number of amides is 3. The lowest BCUT2D eigenvalue weighted by atomic mass is 9.99. The van der Waals surface area contributed by atoms with Crippen molar-refractivity contribution in [3.63, 3.8) is 0 Å². The highest BCUT2D eigenvalue weighted by Crippen LogP contribution is 2.15. The number of aromatic nitrogens is 1. The summed E-state index contributed by atoms with van der Waals surface area (Å²) in [5.41, 5.74) is -1.20. The third kappa shape index (κ3) is 10.2. The zero-order chi connectivity index (χ0) is 28.5. The minimum atomic E-state index is -1.33. The van der Waals surface area contributed by atoms with Gasteiger partial charge in [-0.2, -0.15) is 0 Å². The van der Waals surface area contributed by atoms with Crippen LogP contribution in [0.15, 0.2) is 17.5 Å². The maximum atomic E-state index is 13.1. The maximum Gasteiger partial charge on any atom is 0.329 e. The van der Waals surface area contributed by atoms with Crippen LogP contribution < -0.4 is 16.0 Å². The predicted octanol–water partition coefficient (Wildman–Crippen LogP) is 1.49. The molecule has 3 N–H and O–H groups in total. The van der Waals surface area contributed by atoms with Crippen LogP contribution in [-0.4, -0.2) is 82.8 Å². The Balaban J connectivity index is 2.22. The number of likely N-dealkylation sites (N-methyl/N-ethyl adjacent to an activating group) is 1. The molecular formula is C25H37N5O6S2. The van der Waals surface area contributed by atoms with Gasteiger partial charge in [0.05, 0.1) is 19.5 Å². The van der Waals surface area contributed by atoms with Gasteiger partial charge in [0.25, 0.3) is 5.91 Å². The van der Waals surface area contributed by atoms with Crippen LogP contribution in [0.1, 0.15) is 56.0 Å². The van der Waals surface area contributed by atoms with Crippen molar-refractivity contribution in [3.8, 4) is 0 Å². The standard InChI is InChI=1S/C25H37N5O6S2/c1-15(2)21-23(34)36-16(9-7-8-10-37-20(32)13-30(5)6)11-18(31)26-12-19-27-17(14-38-19)22(33)29-25(3,4)24(35)28-21/h7,9,14-16,21H,8,10-13H2,1-6H3,(H,26,31)(H,28,35)(H,29,33)/b9-7+/t16-,21+/m1/s1. The summed E-state index contributed by atoms with van der Waals surface area (Å²) in [4.78, 5) is 69.4. The van der Waals surface area contributed by atoms with Gasteiger partial charge in [0.1, 0.15) is 28.4 Å². The highest BCUT2D eigenvalue weighted by Gasteiger charge is 2.36. The molecule has 2 bridgehead atoms. The van der Waals surface area contributed by atoms with Crippen LogP contribution in [0.3, 0.4) is 0 Å². The number of hydrogen-bond acceptors (Lipinski definition) is 10. The van der Waals surface area contributed by atoms with Gasteiger partial charge in [-0.3, -0.25) is 19.2 Å². The van der Waals surface area contributed by atoms with Crippen LogP contribution in [-0.2, 0) is 30.5 Å². The van der Waals surface area contributed by atoms with Crippen molar-refractivity contribution < 1.29 is 28.7 Å². The molecule has 1 aromatic rings. The van der Waals surface area contributed by atoms with Gasteiger partial charge in [0, 0.05) is 11.1 Å². The molecule has 2 heterocycles. The van der Waals surface area contributed by atoms with E-state index in [4.69, 9.17) is 4.74 Å². The van der Waals surface area contributed by atoms with Crippen LogP contribution in [0.4, 0.5) is 0 Å². The summed E-state index contributed by atoms with van der Waals surface area (Å²) in [5.74, 6) is -1.94. The number of rotatable bonds is 7. The maximum absolute atomic E-state index is 13.1. The minimum absolute atomic E-state index is 0.0545. The van der Waals surface area contributed by atoms with E-state index in [1.807, 2.05) is 14.1 Å². The first-order valence-corrected chi connectivity index (χ1v) is 14.2. The highest BCUT2D eigenvalue weighted by molar-refractivity contribution is 8.13. The van der Waals surface area contributed by atoms with E-state index in [1.54, 1.807) is 36.3 Å². The van der Waals surface area contributed by atoms with Gasteiger partial charge >= 0.3 is 5.97 Å². The fourth-order valence-electron chi connectivity index (χ4n) is 3.31. The van der Waals surface area contributed by atoms with Crippen molar-refractivity contribution in [2.24, 2.45) is 5.92 Å². The number of allylic oxidation sites excluding steroid dienone is 1. The van der Waals surface area contributed by atoms with Crippen LogP contribution in [0.2, 0.25) is 0 Å². The molecule has 1 aliphatic heterocycles. The fourth-order valence-corrected chi connectivity index (χ4v) is 4.86. The summed E-state index contributed by atoms with van der Waals surface area (Å²) in [5, 5.41) is 10.2. The molecule has 38 heavy (non-hydrogen) atoms. The predicted molar refractivity (Wildman–Crippen MR) is 147 cm³/mol. The van der Waals surface area contributed by atoms with Crippen molar-refractivity contribution in [1.29, 1.82) is 0 Å². The number of esters is 1. The van der Waals surface area contributed by atoms with Crippen molar-refractivity contribution in [2.45, 2.75) is 64.8 Å². The van der Waals surface area contributed by atoms with E-state index in [9.17, 15) is 24.0 Å². The van der Waals surface area contributed by atoms with Gasteiger partial charge in [-0.1, -0.05) is 31.7 Å². The fraction of sp³-hybridized carbons (Fsp3) is 0.600. The number of hydrogen-bond donors (Lipinski definition) is 3. The van der Waals surface area contributed by atoms with Gasteiger partial charge in [-0.25, -0.2) is 9.78 Å². The van der Waals surface area contributed by atoms with Crippen molar-refractivity contribution in [2.75, 3.05) is 26.4 Å².